The Bertz CT molecular complexity index is 880. The number of hydrogen-bond donors (Lipinski definition) is 3. The lowest BCUT2D eigenvalue weighted by molar-refractivity contribution is 0.172. The number of nitrogens with one attached hydrogen (secondary N) is 3. The largest absolute Gasteiger partial charge is 0.486 e. The Morgan fingerprint density at radius 1 is 1.20 bits per heavy atom. The lowest BCUT2D eigenvalue weighted by atomic mass is 10.2. The highest BCUT2D eigenvalue weighted by Gasteiger charge is 2.17. The number of para-hydroxylation sites is 1. The summed E-state index contributed by atoms with van der Waals surface area (Å²) in [4.78, 5) is 12.2. The van der Waals surface area contributed by atoms with Crippen LogP contribution in [-0.4, -0.2) is 48.4 Å². The second kappa shape index (κ2) is 6.86. The van der Waals surface area contributed by atoms with E-state index in [1.807, 2.05) is 30.5 Å². The Labute approximate surface area is 144 Å². The number of nitrogens with zero attached hydrogens (tertiary/aromatic N) is 2. The first-order chi connectivity index (χ1) is 12.3. The molecular formula is C17H19N5O3. The summed E-state index contributed by atoms with van der Waals surface area (Å²) in [6.45, 7) is 2.32. The van der Waals surface area contributed by atoms with Crippen LogP contribution in [0.15, 0.2) is 30.5 Å². The van der Waals surface area contributed by atoms with Gasteiger partial charge in [0.2, 0.25) is 5.95 Å². The fraction of sp³-hybridized carbons (Fsp3) is 0.294. The smallest absolute Gasteiger partial charge is 0.231 e. The molecule has 0 spiro atoms. The molecule has 4 rings (SSSR count). The first-order valence-electron chi connectivity index (χ1n) is 8.09. The second-order valence-corrected chi connectivity index (χ2v) is 5.51. The fourth-order valence-electron chi connectivity index (χ4n) is 2.70. The van der Waals surface area contributed by atoms with Crippen molar-refractivity contribution < 1.29 is 14.2 Å². The molecule has 0 fully saturated rings. The third-order valence-corrected chi connectivity index (χ3v) is 3.83. The maximum Gasteiger partial charge on any atom is 0.231 e. The first kappa shape index (κ1) is 15.5. The number of H-pyrrole nitrogens is 1. The predicted octanol–water partition coefficient (Wildman–Crippen LogP) is 2.53. The molecule has 0 radical (unpaired) electrons. The molecular weight excluding hydrogens is 322 g/mol. The minimum absolute atomic E-state index is 0.470. The molecule has 130 valence electrons. The van der Waals surface area contributed by atoms with Crippen LogP contribution in [0.2, 0.25) is 0 Å². The number of fused-ring (bicyclic) bond motifs is 2. The minimum Gasteiger partial charge on any atom is -0.486 e. The number of aromatic nitrogens is 3. The Hall–Kier alpha value is -3.00. The van der Waals surface area contributed by atoms with Crippen molar-refractivity contribution in [3.8, 4) is 11.5 Å². The molecule has 1 aliphatic heterocycles. The van der Waals surface area contributed by atoms with Gasteiger partial charge in [-0.15, -0.1) is 0 Å². The lowest BCUT2D eigenvalue weighted by Gasteiger charge is -2.21. The van der Waals surface area contributed by atoms with Gasteiger partial charge in [0.15, 0.2) is 11.5 Å². The quantitative estimate of drug-likeness (QED) is 0.593. The van der Waals surface area contributed by atoms with Crippen LogP contribution in [0.3, 0.4) is 0 Å². The van der Waals surface area contributed by atoms with Crippen LogP contribution >= 0.6 is 0 Å². The van der Waals surface area contributed by atoms with Gasteiger partial charge in [0.05, 0.1) is 17.7 Å². The number of anilines is 3. The molecule has 0 aliphatic carbocycles. The van der Waals surface area contributed by atoms with Crippen molar-refractivity contribution >= 4 is 28.5 Å². The van der Waals surface area contributed by atoms with Gasteiger partial charge in [-0.2, -0.15) is 9.97 Å². The van der Waals surface area contributed by atoms with Crippen LogP contribution < -0.4 is 20.1 Å². The normalized spacial score (nSPS) is 13.0. The molecule has 0 unspecified atom stereocenters. The topological polar surface area (TPSA) is 93.3 Å². The van der Waals surface area contributed by atoms with Gasteiger partial charge in [-0.05, 0) is 18.2 Å². The van der Waals surface area contributed by atoms with Crippen molar-refractivity contribution in [1.29, 1.82) is 0 Å². The van der Waals surface area contributed by atoms with E-state index < -0.39 is 0 Å². The van der Waals surface area contributed by atoms with E-state index in [-0.39, 0.29) is 0 Å². The zero-order valence-electron chi connectivity index (χ0n) is 13.8. The molecule has 0 saturated heterocycles. The maximum absolute atomic E-state index is 5.73. The summed E-state index contributed by atoms with van der Waals surface area (Å²) in [6, 6.07) is 7.64. The Kier molecular flexibility index (Phi) is 4.26. The molecule has 0 atom stereocenters. The van der Waals surface area contributed by atoms with Gasteiger partial charge >= 0.3 is 0 Å². The van der Waals surface area contributed by atoms with E-state index in [4.69, 9.17) is 14.2 Å². The van der Waals surface area contributed by atoms with Crippen molar-refractivity contribution in [3.63, 3.8) is 0 Å². The van der Waals surface area contributed by atoms with E-state index in [1.54, 1.807) is 7.11 Å². The highest BCUT2D eigenvalue weighted by molar-refractivity contribution is 5.88. The molecule has 3 aromatic rings. The third-order valence-electron chi connectivity index (χ3n) is 3.83. The van der Waals surface area contributed by atoms with E-state index in [0.29, 0.717) is 38.1 Å². The number of aromatic amines is 1. The highest BCUT2D eigenvalue weighted by Crippen LogP contribution is 2.38. The number of hydrogen-bond acceptors (Lipinski definition) is 7. The average molecular weight is 341 g/mol. The molecule has 0 saturated carbocycles. The molecule has 2 aromatic heterocycles. The van der Waals surface area contributed by atoms with Crippen molar-refractivity contribution in [2.24, 2.45) is 0 Å². The second-order valence-electron chi connectivity index (χ2n) is 5.51. The van der Waals surface area contributed by atoms with E-state index in [1.165, 1.54) is 0 Å². The monoisotopic (exact) mass is 341 g/mol. The zero-order valence-corrected chi connectivity index (χ0v) is 13.8. The predicted molar refractivity (Wildman–Crippen MR) is 95.0 cm³/mol. The summed E-state index contributed by atoms with van der Waals surface area (Å²) >= 11 is 0. The number of ether oxygens (including phenoxy) is 3. The maximum atomic E-state index is 5.73. The summed E-state index contributed by atoms with van der Waals surface area (Å²) in [6.07, 6.45) is 1.84. The molecule has 25 heavy (non-hydrogen) atoms. The number of rotatable bonds is 6. The standard InChI is InChI=1S/C17H19N5O3/c1-23-8-7-19-16-11-5-6-18-15(11)21-17(22-16)20-12-3-2-4-13-14(12)25-10-9-24-13/h2-6H,7-10H2,1H3,(H3,18,19,20,21,22). The van der Waals surface area contributed by atoms with Crippen molar-refractivity contribution in [1.82, 2.24) is 15.0 Å². The van der Waals surface area contributed by atoms with E-state index >= 15 is 0 Å². The number of methoxy groups -OCH3 is 1. The summed E-state index contributed by atoms with van der Waals surface area (Å²) in [5.74, 6) is 2.61. The first-order valence-corrected chi connectivity index (χ1v) is 8.09. The molecule has 8 nitrogen and oxygen atoms in total. The van der Waals surface area contributed by atoms with Crippen molar-refractivity contribution in [2.75, 3.05) is 44.1 Å². The van der Waals surface area contributed by atoms with Gasteiger partial charge in [-0.25, -0.2) is 0 Å². The van der Waals surface area contributed by atoms with Gasteiger partial charge in [-0.3, -0.25) is 0 Å². The van der Waals surface area contributed by atoms with Crippen LogP contribution in [0, 0.1) is 0 Å². The minimum atomic E-state index is 0.470. The van der Waals surface area contributed by atoms with Crippen LogP contribution in [-0.2, 0) is 4.74 Å². The average Bonchev–Trinajstić information content (AvgIpc) is 3.11. The number of benzene rings is 1. The van der Waals surface area contributed by atoms with Gasteiger partial charge in [-0.1, -0.05) is 6.07 Å². The fourth-order valence-corrected chi connectivity index (χ4v) is 2.70. The van der Waals surface area contributed by atoms with Gasteiger partial charge < -0.3 is 29.8 Å². The Balaban J connectivity index is 1.65. The zero-order chi connectivity index (χ0) is 17.1. The highest BCUT2D eigenvalue weighted by atomic mass is 16.6. The molecule has 0 amide bonds. The summed E-state index contributed by atoms with van der Waals surface area (Å²) < 4.78 is 16.4. The van der Waals surface area contributed by atoms with Crippen LogP contribution in [0.5, 0.6) is 11.5 Å². The van der Waals surface area contributed by atoms with Gasteiger partial charge in [0.25, 0.3) is 0 Å². The van der Waals surface area contributed by atoms with Gasteiger partial charge in [0, 0.05) is 19.9 Å². The summed E-state index contributed by atoms with van der Waals surface area (Å²) in [5, 5.41) is 7.42. The molecule has 1 aromatic carbocycles. The molecule has 8 heteroatoms. The molecule has 3 N–H and O–H groups in total. The molecule has 3 heterocycles. The van der Waals surface area contributed by atoms with E-state index in [9.17, 15) is 0 Å². The third kappa shape index (κ3) is 3.16. The SMILES string of the molecule is COCCNc1nc(Nc2cccc3c2OCCO3)nc2[nH]ccc12. The van der Waals surface area contributed by atoms with E-state index in [0.717, 1.165) is 28.3 Å². The van der Waals surface area contributed by atoms with Crippen molar-refractivity contribution in [2.45, 2.75) is 0 Å². The van der Waals surface area contributed by atoms with Crippen LogP contribution in [0.25, 0.3) is 11.0 Å². The Morgan fingerprint density at radius 3 is 3.04 bits per heavy atom. The summed E-state index contributed by atoms with van der Waals surface area (Å²) in [5.41, 5.74) is 1.52. The van der Waals surface area contributed by atoms with E-state index in [2.05, 4.69) is 25.6 Å². The van der Waals surface area contributed by atoms with Crippen LogP contribution in [0.1, 0.15) is 0 Å². The molecule has 0 bridgehead atoms. The van der Waals surface area contributed by atoms with Gasteiger partial charge in [0.1, 0.15) is 24.7 Å². The summed E-state index contributed by atoms with van der Waals surface area (Å²) in [7, 11) is 1.67. The Morgan fingerprint density at radius 2 is 2.12 bits per heavy atom. The lowest BCUT2D eigenvalue weighted by Crippen LogP contribution is -2.16. The van der Waals surface area contributed by atoms with Crippen molar-refractivity contribution in [3.05, 3.63) is 30.5 Å². The van der Waals surface area contributed by atoms with Crippen LogP contribution in [0.4, 0.5) is 17.5 Å². The molecule has 1 aliphatic rings.